The van der Waals surface area contributed by atoms with Gasteiger partial charge in [0.1, 0.15) is 22.3 Å². The van der Waals surface area contributed by atoms with Crippen LogP contribution in [0.5, 0.6) is 0 Å². The van der Waals surface area contributed by atoms with Crippen molar-refractivity contribution in [1.82, 2.24) is 0 Å². The Kier molecular flexibility index (Phi) is 7.17. The number of rotatable bonds is 6. The minimum Gasteiger partial charge on any atom is -0.455 e. The highest BCUT2D eigenvalue weighted by Crippen LogP contribution is 2.43. The molecule has 0 aliphatic rings. The molecule has 0 fully saturated rings. The second-order valence-electron chi connectivity index (χ2n) is 14.1. The van der Waals surface area contributed by atoms with E-state index in [1.807, 2.05) is 12.1 Å². The van der Waals surface area contributed by atoms with Crippen LogP contribution in [0.25, 0.3) is 88.0 Å². The minimum atomic E-state index is 0.894. The van der Waals surface area contributed by atoms with Crippen molar-refractivity contribution in [3.05, 3.63) is 200 Å². The summed E-state index contributed by atoms with van der Waals surface area (Å²) in [7, 11) is 0. The molecule has 3 heteroatoms. The van der Waals surface area contributed by atoms with Crippen molar-refractivity contribution in [3.63, 3.8) is 0 Å². The number of para-hydroxylation sites is 2. The number of fused-ring (bicyclic) bond motifs is 8. The van der Waals surface area contributed by atoms with E-state index in [-0.39, 0.29) is 0 Å². The summed E-state index contributed by atoms with van der Waals surface area (Å²) in [6.45, 7) is 0. The Morgan fingerprint density at radius 2 is 0.909 bits per heavy atom. The third-order valence-corrected chi connectivity index (χ3v) is 10.9. The zero-order chi connectivity index (χ0) is 36.3. The van der Waals surface area contributed by atoms with E-state index >= 15 is 0 Å². The summed E-state index contributed by atoms with van der Waals surface area (Å²) < 4.78 is 12.9. The number of benzene rings is 9. The normalized spacial score (nSPS) is 11.6. The van der Waals surface area contributed by atoms with E-state index in [1.54, 1.807) is 0 Å². The fourth-order valence-electron chi connectivity index (χ4n) is 8.25. The highest BCUT2D eigenvalue weighted by molar-refractivity contribution is 6.19. The van der Waals surface area contributed by atoms with Crippen LogP contribution in [0.2, 0.25) is 0 Å². The van der Waals surface area contributed by atoms with E-state index in [0.29, 0.717) is 0 Å². The Labute approximate surface area is 317 Å². The lowest BCUT2D eigenvalue weighted by molar-refractivity contribution is 0.670. The van der Waals surface area contributed by atoms with Gasteiger partial charge in [-0.3, -0.25) is 0 Å². The second-order valence-corrected chi connectivity index (χ2v) is 14.1. The van der Waals surface area contributed by atoms with Crippen molar-refractivity contribution in [2.24, 2.45) is 0 Å². The summed E-state index contributed by atoms with van der Waals surface area (Å²) in [5.41, 5.74) is 13.7. The number of hydrogen-bond donors (Lipinski definition) is 0. The SMILES string of the molecule is c1ccc(-c2cccc(N(c3ccc(-c4cccc5c4oc4ccccc45)cc3)c3ccc(-c4cccc5oc6c7ccccc7ccc6c45)cc3)c2)cc1. The van der Waals surface area contributed by atoms with Gasteiger partial charge >= 0.3 is 0 Å². The molecule has 3 nitrogen and oxygen atoms in total. The molecule has 0 aliphatic heterocycles. The summed E-state index contributed by atoms with van der Waals surface area (Å²) >= 11 is 0. The maximum Gasteiger partial charge on any atom is 0.143 e. The van der Waals surface area contributed by atoms with E-state index in [4.69, 9.17) is 8.83 Å². The number of nitrogens with zero attached hydrogens (tertiary/aromatic N) is 1. The average molecular weight is 704 g/mol. The molecule has 55 heavy (non-hydrogen) atoms. The molecule has 2 aromatic heterocycles. The lowest BCUT2D eigenvalue weighted by Gasteiger charge is -2.26. The molecule has 11 rings (SSSR count). The number of anilines is 3. The third kappa shape index (κ3) is 5.20. The highest BCUT2D eigenvalue weighted by Gasteiger charge is 2.18. The maximum atomic E-state index is 6.52. The largest absolute Gasteiger partial charge is 0.455 e. The van der Waals surface area contributed by atoms with Gasteiger partial charge in [0, 0.05) is 49.6 Å². The molecule has 0 atom stereocenters. The van der Waals surface area contributed by atoms with Gasteiger partial charge in [-0.2, -0.15) is 0 Å². The summed E-state index contributed by atoms with van der Waals surface area (Å²) in [4.78, 5) is 2.34. The molecule has 0 N–H and O–H groups in total. The van der Waals surface area contributed by atoms with E-state index < -0.39 is 0 Å². The Morgan fingerprint density at radius 3 is 1.73 bits per heavy atom. The molecule has 11 aromatic rings. The van der Waals surface area contributed by atoms with Gasteiger partial charge in [0.2, 0.25) is 0 Å². The fourth-order valence-corrected chi connectivity index (χ4v) is 8.25. The van der Waals surface area contributed by atoms with Gasteiger partial charge in [-0.15, -0.1) is 0 Å². The predicted octanol–water partition coefficient (Wildman–Crippen LogP) is 15.1. The Morgan fingerprint density at radius 1 is 0.309 bits per heavy atom. The van der Waals surface area contributed by atoms with Crippen molar-refractivity contribution in [2.75, 3.05) is 4.90 Å². The minimum absolute atomic E-state index is 0.894. The molecule has 0 aliphatic carbocycles. The standard InChI is InChI=1S/C52H33NO2/c1-2-11-34(12-3-1)38-14-8-15-41(33-38)53(40-30-25-37(26-31-40)44-19-9-20-46-45-17-6-7-21-48(45)54-51(44)46)39-28-23-36(24-29-39)42-18-10-22-49-50(42)47-32-27-35-13-4-5-16-43(35)52(47)55-49/h1-33H. The molecule has 258 valence electrons. The van der Waals surface area contributed by atoms with Crippen LogP contribution >= 0.6 is 0 Å². The molecule has 0 amide bonds. The quantitative estimate of drug-likeness (QED) is 0.173. The van der Waals surface area contributed by atoms with Gasteiger partial charge in [-0.1, -0.05) is 146 Å². The van der Waals surface area contributed by atoms with Crippen molar-refractivity contribution in [1.29, 1.82) is 0 Å². The van der Waals surface area contributed by atoms with Gasteiger partial charge < -0.3 is 13.7 Å². The van der Waals surface area contributed by atoms with Gasteiger partial charge in [-0.05, 0) is 87.8 Å². The maximum absolute atomic E-state index is 6.52. The van der Waals surface area contributed by atoms with Gasteiger partial charge in [0.05, 0.1) is 0 Å². The van der Waals surface area contributed by atoms with Crippen LogP contribution in [-0.2, 0) is 0 Å². The monoisotopic (exact) mass is 703 g/mol. The van der Waals surface area contributed by atoms with E-state index in [1.165, 1.54) is 16.5 Å². The summed E-state index contributed by atoms with van der Waals surface area (Å²) in [5.74, 6) is 0. The second kappa shape index (κ2) is 12.6. The van der Waals surface area contributed by atoms with Gasteiger partial charge in [0.25, 0.3) is 0 Å². The van der Waals surface area contributed by atoms with Crippen molar-refractivity contribution in [3.8, 4) is 33.4 Å². The molecule has 0 saturated carbocycles. The molecule has 0 unspecified atom stereocenters. The number of furan rings is 2. The lowest BCUT2D eigenvalue weighted by Crippen LogP contribution is -2.10. The van der Waals surface area contributed by atoms with E-state index in [2.05, 4.69) is 193 Å². The summed E-state index contributed by atoms with van der Waals surface area (Å²) in [6, 6.07) is 70.9. The predicted molar refractivity (Wildman–Crippen MR) is 229 cm³/mol. The molecular formula is C52H33NO2. The molecule has 0 radical (unpaired) electrons. The topological polar surface area (TPSA) is 29.5 Å². The Bertz CT molecular complexity index is 3190. The van der Waals surface area contributed by atoms with Gasteiger partial charge in [-0.25, -0.2) is 0 Å². The first-order valence-corrected chi connectivity index (χ1v) is 18.7. The van der Waals surface area contributed by atoms with Crippen molar-refractivity contribution < 1.29 is 8.83 Å². The Balaban J connectivity index is 1.02. The van der Waals surface area contributed by atoms with Crippen LogP contribution in [-0.4, -0.2) is 0 Å². The Hall–Kier alpha value is -7.36. The first kappa shape index (κ1) is 31.2. The fraction of sp³-hybridized carbons (Fsp3) is 0. The zero-order valence-corrected chi connectivity index (χ0v) is 29.8. The molecule has 0 saturated heterocycles. The number of hydrogen-bond acceptors (Lipinski definition) is 3. The van der Waals surface area contributed by atoms with E-state index in [0.717, 1.165) is 88.6 Å². The average Bonchev–Trinajstić information content (AvgIpc) is 3.84. The van der Waals surface area contributed by atoms with Crippen LogP contribution < -0.4 is 4.90 Å². The van der Waals surface area contributed by atoms with E-state index in [9.17, 15) is 0 Å². The molecular weight excluding hydrogens is 671 g/mol. The first-order chi connectivity index (χ1) is 27.3. The van der Waals surface area contributed by atoms with Crippen molar-refractivity contribution in [2.45, 2.75) is 0 Å². The van der Waals surface area contributed by atoms with Crippen LogP contribution in [0.15, 0.2) is 209 Å². The zero-order valence-electron chi connectivity index (χ0n) is 29.8. The summed E-state index contributed by atoms with van der Waals surface area (Å²) in [5, 5.41) is 6.84. The van der Waals surface area contributed by atoms with Crippen LogP contribution in [0.4, 0.5) is 17.1 Å². The van der Waals surface area contributed by atoms with Crippen molar-refractivity contribution >= 4 is 71.7 Å². The lowest BCUT2D eigenvalue weighted by atomic mass is 9.97. The summed E-state index contributed by atoms with van der Waals surface area (Å²) in [6.07, 6.45) is 0. The van der Waals surface area contributed by atoms with Gasteiger partial charge in [0.15, 0.2) is 0 Å². The highest BCUT2D eigenvalue weighted by atomic mass is 16.3. The molecule has 2 heterocycles. The molecule has 0 spiro atoms. The first-order valence-electron chi connectivity index (χ1n) is 18.7. The molecule has 0 bridgehead atoms. The third-order valence-electron chi connectivity index (χ3n) is 10.9. The smallest absolute Gasteiger partial charge is 0.143 e. The van der Waals surface area contributed by atoms with Crippen LogP contribution in [0.1, 0.15) is 0 Å². The van der Waals surface area contributed by atoms with Crippen LogP contribution in [0.3, 0.4) is 0 Å². The molecule has 9 aromatic carbocycles. The van der Waals surface area contributed by atoms with Crippen LogP contribution in [0, 0.1) is 0 Å².